The molecular formula is C16H13FO2. The lowest BCUT2D eigenvalue weighted by Gasteiger charge is -2.03. The first-order valence-electron chi connectivity index (χ1n) is 6.08. The van der Waals surface area contributed by atoms with Crippen LogP contribution in [0.1, 0.15) is 11.3 Å². The maximum absolute atomic E-state index is 12.8. The van der Waals surface area contributed by atoms with Crippen LogP contribution < -0.4 is 4.74 Å². The molecule has 0 amide bonds. The van der Waals surface area contributed by atoms with Crippen LogP contribution >= 0.6 is 0 Å². The SMILES string of the molecule is Cc1ccc2oc(COc3ccc(F)cc3)cc2c1. The van der Waals surface area contributed by atoms with Gasteiger partial charge in [0.05, 0.1) is 0 Å². The minimum absolute atomic E-state index is 0.272. The summed E-state index contributed by atoms with van der Waals surface area (Å²) in [5, 5.41) is 1.07. The molecule has 3 heteroatoms. The fraction of sp³-hybridized carbons (Fsp3) is 0.125. The summed E-state index contributed by atoms with van der Waals surface area (Å²) in [6, 6.07) is 13.9. The summed E-state index contributed by atoms with van der Waals surface area (Å²) in [6.07, 6.45) is 0. The fourth-order valence-electron chi connectivity index (χ4n) is 1.97. The number of aryl methyl sites for hydroxylation is 1. The number of furan rings is 1. The molecular weight excluding hydrogens is 243 g/mol. The van der Waals surface area contributed by atoms with E-state index in [0.717, 1.165) is 16.7 Å². The van der Waals surface area contributed by atoms with Gasteiger partial charge < -0.3 is 9.15 Å². The smallest absolute Gasteiger partial charge is 0.146 e. The second kappa shape index (κ2) is 4.76. The number of hydrogen-bond acceptors (Lipinski definition) is 2. The molecule has 0 atom stereocenters. The van der Waals surface area contributed by atoms with Crippen molar-refractivity contribution in [2.75, 3.05) is 0 Å². The Labute approximate surface area is 110 Å². The zero-order valence-electron chi connectivity index (χ0n) is 10.5. The standard InChI is InChI=1S/C16H13FO2/c1-11-2-7-16-12(8-11)9-15(19-16)10-18-14-5-3-13(17)4-6-14/h2-9H,10H2,1H3. The van der Waals surface area contributed by atoms with E-state index in [1.807, 2.05) is 25.1 Å². The molecule has 2 nitrogen and oxygen atoms in total. The minimum Gasteiger partial charge on any atom is -0.486 e. The quantitative estimate of drug-likeness (QED) is 0.690. The molecule has 0 fully saturated rings. The Bertz CT molecular complexity index is 698. The molecule has 3 aromatic rings. The summed E-state index contributed by atoms with van der Waals surface area (Å²) in [5.41, 5.74) is 2.04. The largest absolute Gasteiger partial charge is 0.486 e. The predicted molar refractivity (Wildman–Crippen MR) is 71.7 cm³/mol. The molecule has 1 aromatic heterocycles. The van der Waals surface area contributed by atoms with Crippen molar-refractivity contribution in [3.8, 4) is 5.75 Å². The Morgan fingerprint density at radius 3 is 2.63 bits per heavy atom. The second-order valence-electron chi connectivity index (χ2n) is 4.50. The highest BCUT2D eigenvalue weighted by Crippen LogP contribution is 2.22. The zero-order chi connectivity index (χ0) is 13.2. The van der Waals surface area contributed by atoms with Crippen molar-refractivity contribution in [1.29, 1.82) is 0 Å². The molecule has 0 unspecified atom stereocenters. The Morgan fingerprint density at radius 2 is 1.84 bits per heavy atom. The number of fused-ring (bicyclic) bond motifs is 1. The van der Waals surface area contributed by atoms with Gasteiger partial charge in [-0.15, -0.1) is 0 Å². The molecule has 0 aliphatic heterocycles. The van der Waals surface area contributed by atoms with Crippen molar-refractivity contribution in [3.05, 3.63) is 65.7 Å². The molecule has 0 N–H and O–H groups in total. The molecule has 1 heterocycles. The van der Waals surface area contributed by atoms with E-state index in [-0.39, 0.29) is 5.82 Å². The van der Waals surface area contributed by atoms with Gasteiger partial charge in [-0.3, -0.25) is 0 Å². The van der Waals surface area contributed by atoms with E-state index in [4.69, 9.17) is 9.15 Å². The Kier molecular flexibility index (Phi) is 2.95. The highest BCUT2D eigenvalue weighted by Gasteiger charge is 2.04. The van der Waals surface area contributed by atoms with Gasteiger partial charge in [0.2, 0.25) is 0 Å². The fourth-order valence-corrected chi connectivity index (χ4v) is 1.97. The molecule has 0 spiro atoms. The molecule has 19 heavy (non-hydrogen) atoms. The number of hydrogen-bond donors (Lipinski definition) is 0. The van der Waals surface area contributed by atoms with Crippen molar-refractivity contribution >= 4 is 11.0 Å². The van der Waals surface area contributed by atoms with Crippen LogP contribution in [0.5, 0.6) is 5.75 Å². The van der Waals surface area contributed by atoms with Crippen LogP contribution in [-0.4, -0.2) is 0 Å². The summed E-state index contributed by atoms with van der Waals surface area (Å²) < 4.78 is 24.0. The van der Waals surface area contributed by atoms with Crippen LogP contribution in [0.4, 0.5) is 4.39 Å². The van der Waals surface area contributed by atoms with E-state index in [2.05, 4.69) is 6.07 Å². The third-order valence-corrected chi connectivity index (χ3v) is 2.92. The average Bonchev–Trinajstić information content (AvgIpc) is 2.80. The zero-order valence-corrected chi connectivity index (χ0v) is 10.5. The van der Waals surface area contributed by atoms with E-state index in [1.54, 1.807) is 12.1 Å². The lowest BCUT2D eigenvalue weighted by Crippen LogP contribution is -1.93. The summed E-state index contributed by atoms with van der Waals surface area (Å²) in [6.45, 7) is 2.38. The number of ether oxygens (including phenoxy) is 1. The molecule has 0 saturated carbocycles. The third kappa shape index (κ3) is 2.60. The maximum atomic E-state index is 12.8. The highest BCUT2D eigenvalue weighted by atomic mass is 19.1. The lowest BCUT2D eigenvalue weighted by atomic mass is 10.2. The number of benzene rings is 2. The molecule has 0 aliphatic carbocycles. The van der Waals surface area contributed by atoms with Crippen molar-refractivity contribution < 1.29 is 13.5 Å². The summed E-state index contributed by atoms with van der Waals surface area (Å²) in [4.78, 5) is 0. The molecule has 0 aliphatic rings. The van der Waals surface area contributed by atoms with Crippen molar-refractivity contribution in [1.82, 2.24) is 0 Å². The summed E-state index contributed by atoms with van der Waals surface area (Å²) in [5.74, 6) is 1.11. The van der Waals surface area contributed by atoms with Gasteiger partial charge >= 0.3 is 0 Å². The number of halogens is 1. The molecule has 3 rings (SSSR count). The van der Waals surface area contributed by atoms with Gasteiger partial charge in [-0.2, -0.15) is 0 Å². The maximum Gasteiger partial charge on any atom is 0.146 e. The summed E-state index contributed by atoms with van der Waals surface area (Å²) >= 11 is 0. The van der Waals surface area contributed by atoms with Crippen LogP contribution in [-0.2, 0) is 6.61 Å². The highest BCUT2D eigenvalue weighted by molar-refractivity contribution is 5.78. The van der Waals surface area contributed by atoms with Gasteiger partial charge in [-0.25, -0.2) is 4.39 Å². The molecule has 0 saturated heterocycles. The minimum atomic E-state index is -0.272. The van der Waals surface area contributed by atoms with Gasteiger partial charge in [0, 0.05) is 5.39 Å². The van der Waals surface area contributed by atoms with E-state index >= 15 is 0 Å². The first-order chi connectivity index (χ1) is 9.20. The van der Waals surface area contributed by atoms with Crippen molar-refractivity contribution in [2.45, 2.75) is 13.5 Å². The Morgan fingerprint density at radius 1 is 1.05 bits per heavy atom. The molecule has 2 aromatic carbocycles. The molecule has 0 radical (unpaired) electrons. The van der Waals surface area contributed by atoms with Crippen LogP contribution in [0.15, 0.2) is 52.9 Å². The van der Waals surface area contributed by atoms with E-state index in [1.165, 1.54) is 17.7 Å². The summed E-state index contributed by atoms with van der Waals surface area (Å²) in [7, 11) is 0. The topological polar surface area (TPSA) is 22.4 Å². The van der Waals surface area contributed by atoms with Crippen molar-refractivity contribution in [3.63, 3.8) is 0 Å². The average molecular weight is 256 g/mol. The van der Waals surface area contributed by atoms with Gasteiger partial charge in [0.1, 0.15) is 29.5 Å². The first kappa shape index (κ1) is 11.8. The molecule has 0 bridgehead atoms. The monoisotopic (exact) mass is 256 g/mol. The lowest BCUT2D eigenvalue weighted by molar-refractivity contribution is 0.274. The van der Waals surface area contributed by atoms with Gasteiger partial charge in [-0.1, -0.05) is 11.6 Å². The van der Waals surface area contributed by atoms with Crippen molar-refractivity contribution in [2.24, 2.45) is 0 Å². The van der Waals surface area contributed by atoms with Crippen LogP contribution in [0.2, 0.25) is 0 Å². The van der Waals surface area contributed by atoms with Gasteiger partial charge in [0.25, 0.3) is 0 Å². The van der Waals surface area contributed by atoms with E-state index in [0.29, 0.717) is 12.4 Å². The predicted octanol–water partition coefficient (Wildman–Crippen LogP) is 4.46. The Hall–Kier alpha value is -2.29. The van der Waals surface area contributed by atoms with Crippen LogP contribution in [0.3, 0.4) is 0 Å². The third-order valence-electron chi connectivity index (χ3n) is 2.92. The second-order valence-corrected chi connectivity index (χ2v) is 4.50. The number of rotatable bonds is 3. The van der Waals surface area contributed by atoms with Gasteiger partial charge in [-0.05, 0) is 49.4 Å². The van der Waals surface area contributed by atoms with Crippen LogP contribution in [0.25, 0.3) is 11.0 Å². The normalized spacial score (nSPS) is 10.8. The van der Waals surface area contributed by atoms with E-state index in [9.17, 15) is 4.39 Å². The Balaban J connectivity index is 1.76. The first-order valence-corrected chi connectivity index (χ1v) is 6.08. The molecule has 96 valence electrons. The van der Waals surface area contributed by atoms with Crippen LogP contribution in [0, 0.1) is 12.7 Å². The van der Waals surface area contributed by atoms with E-state index < -0.39 is 0 Å². The van der Waals surface area contributed by atoms with Gasteiger partial charge in [0.15, 0.2) is 0 Å².